The van der Waals surface area contributed by atoms with Crippen molar-refractivity contribution >= 4 is 80.5 Å². The summed E-state index contributed by atoms with van der Waals surface area (Å²) in [6.45, 7) is 18.8. The van der Waals surface area contributed by atoms with Gasteiger partial charge in [0.2, 0.25) is 41.4 Å². The Morgan fingerprint density at radius 2 is 1.39 bits per heavy atom. The van der Waals surface area contributed by atoms with Crippen molar-refractivity contribution in [3.05, 3.63) is 76.2 Å². The van der Waals surface area contributed by atoms with E-state index in [1.165, 1.54) is 16.9 Å². The Kier molecular flexibility index (Phi) is 29.2. The average Bonchev–Trinajstić information content (AvgIpc) is 1.95. The minimum absolute atomic E-state index is 0.0539. The molecule has 6 N–H and O–H groups in total. The van der Waals surface area contributed by atoms with Crippen molar-refractivity contribution in [2.45, 2.75) is 188 Å². The third-order valence-corrected chi connectivity index (χ3v) is 19.4. The molecule has 0 bridgehead atoms. The molecule has 0 spiro atoms. The molecule has 89 heavy (non-hydrogen) atoms. The van der Waals surface area contributed by atoms with Crippen molar-refractivity contribution in [2.75, 3.05) is 52.8 Å². The fourth-order valence-corrected chi connectivity index (χ4v) is 13.2. The number of ether oxygens (including phenoxy) is 1. The molecule has 2 aromatic carbocycles. The number of hydrogen-bond donors (Lipinski definition) is 6. The molecule has 11 atom stereocenters. The van der Waals surface area contributed by atoms with Crippen LogP contribution in [-0.4, -0.2) is 193 Å². The minimum Gasteiger partial charge on any atom is -0.480 e. The van der Waals surface area contributed by atoms with Crippen molar-refractivity contribution in [3.8, 4) is 0 Å². The number of anilines is 1. The number of nitrogens with one attached hydrogen (secondary N) is 4. The van der Waals surface area contributed by atoms with Crippen molar-refractivity contribution in [1.29, 1.82) is 0 Å². The number of likely N-dealkylation sites (tertiary alicyclic amines) is 1. The van der Waals surface area contributed by atoms with Crippen LogP contribution in [0.5, 0.6) is 0 Å². The fraction of sp³-hybridized carbons (Fsp3) is 0.641. The maximum Gasteiger partial charge on any atom is 0.326 e. The van der Waals surface area contributed by atoms with Gasteiger partial charge in [0.15, 0.2) is 4.36 Å². The average molecular weight is 1290 g/mol. The van der Waals surface area contributed by atoms with Gasteiger partial charge in [-0.3, -0.25) is 43.3 Å². The zero-order valence-corrected chi connectivity index (χ0v) is 55.9. The molecule has 2 aromatic rings. The summed E-state index contributed by atoms with van der Waals surface area (Å²) in [6.07, 6.45) is 1.92. The van der Waals surface area contributed by atoms with Gasteiger partial charge in [0.1, 0.15) is 24.2 Å². The second kappa shape index (κ2) is 34.6. The molecule has 0 aliphatic carbocycles. The lowest BCUT2D eigenvalue weighted by molar-refractivity contribution is -0.147. The highest BCUT2D eigenvalue weighted by Gasteiger charge is 2.44. The van der Waals surface area contributed by atoms with Gasteiger partial charge in [-0.1, -0.05) is 129 Å². The van der Waals surface area contributed by atoms with E-state index >= 15 is 0 Å². The largest absolute Gasteiger partial charge is 0.480 e. The van der Waals surface area contributed by atoms with E-state index in [1.54, 1.807) is 83.1 Å². The number of unbranched alkanes of at least 4 members (excludes halogenated alkanes) is 2. The summed E-state index contributed by atoms with van der Waals surface area (Å²) < 4.78 is 30.4. The second-order valence-electron chi connectivity index (χ2n) is 24.9. The Morgan fingerprint density at radius 1 is 0.764 bits per heavy atom. The van der Waals surface area contributed by atoms with Gasteiger partial charge < -0.3 is 50.9 Å². The summed E-state index contributed by atoms with van der Waals surface area (Å²) in [5, 5.41) is 33.1. The second-order valence-corrected chi connectivity index (χ2v) is 27.3. The maximum atomic E-state index is 14.6. The van der Waals surface area contributed by atoms with Gasteiger partial charge in [0, 0.05) is 65.4 Å². The molecule has 496 valence electrons. The van der Waals surface area contributed by atoms with E-state index in [2.05, 4.69) is 21.3 Å². The Bertz CT molecular complexity index is 2900. The van der Waals surface area contributed by atoms with Gasteiger partial charge in [-0.15, -0.1) is 0 Å². The first-order valence-electron chi connectivity index (χ1n) is 31.0. The molecule has 23 nitrogen and oxygen atoms in total. The molecule has 2 aliphatic rings. The number of aliphatic hydroxyl groups excluding tert-OH is 1. The summed E-state index contributed by atoms with van der Waals surface area (Å²) in [5.41, 5.74) is 2.23. The normalized spacial score (nSPS) is 18.3. The lowest BCUT2D eigenvalue weighted by Crippen LogP contribution is -2.60. The van der Waals surface area contributed by atoms with Crippen LogP contribution in [0.3, 0.4) is 0 Å². The zero-order chi connectivity index (χ0) is 66.8. The van der Waals surface area contributed by atoms with E-state index in [9.17, 15) is 61.8 Å². The maximum absolute atomic E-state index is 14.6. The topological polar surface area (TPSA) is 302 Å². The number of hydrogen-bond acceptors (Lipinski definition) is 14. The van der Waals surface area contributed by atoms with Crippen LogP contribution in [0.25, 0.3) is 0 Å². The highest BCUT2D eigenvalue weighted by atomic mass is 35.5. The first kappa shape index (κ1) is 75.0. The number of benzene rings is 2. The van der Waals surface area contributed by atoms with Crippen molar-refractivity contribution in [3.63, 3.8) is 0 Å². The SMILES string of the molecule is CC[C@H](C)[C@H]([C@H](O)CC(=O)N1CCCC1[C@H](OC)[C@@H](C)C(=O)N[C@H](Cc1ccccc1)C(=O)O)N(C)C(=O)[C@@H](NC(=O)[C@H](C(C)C)N(C)CCc1ccc(N(C)C(=O)[C@H](C)NC(=O)[C@@H](NC(=O)CCCCCN2C(=O)C=C(Cl)S2(=O)=O)C(C)C)cc1)C(C)C. The highest BCUT2D eigenvalue weighted by Crippen LogP contribution is 2.30. The van der Waals surface area contributed by atoms with E-state index in [-0.39, 0.29) is 61.3 Å². The molecule has 4 rings (SSSR count). The Labute approximate surface area is 531 Å². The van der Waals surface area contributed by atoms with E-state index in [0.29, 0.717) is 68.0 Å². The van der Waals surface area contributed by atoms with Crippen LogP contribution in [0.4, 0.5) is 5.69 Å². The first-order chi connectivity index (χ1) is 41.8. The fourth-order valence-electron chi connectivity index (χ4n) is 11.8. The van der Waals surface area contributed by atoms with E-state index < -0.39 is 116 Å². The molecular weight excluding hydrogens is 1190 g/mol. The molecule has 0 aromatic heterocycles. The smallest absolute Gasteiger partial charge is 0.326 e. The molecule has 2 heterocycles. The van der Waals surface area contributed by atoms with Gasteiger partial charge in [-0.25, -0.2) is 17.5 Å². The molecule has 8 amide bonds. The molecular formula is C64H98ClN9O14S. The Balaban J connectivity index is 1.32. The van der Waals surface area contributed by atoms with Crippen molar-refractivity contribution in [1.82, 2.24) is 40.3 Å². The van der Waals surface area contributed by atoms with Gasteiger partial charge in [-0.05, 0) is 93.0 Å². The number of nitrogens with zero attached hydrogens (tertiary/aromatic N) is 5. The predicted molar refractivity (Wildman–Crippen MR) is 340 cm³/mol. The standard InChI is InChI=1S/C64H98ClN9O14S/c1-15-41(8)57(49(75)36-52(77)73-32-22-25-48(73)58(88-14)42(9)59(79)67-47(64(84)85)35-45-23-18-16-19-24-45)72(13)63(83)55(39(4)5)69-61(81)56(40(6)7)70(11)34-31-44-27-29-46(30-28-44)71(12)62(82)43(10)66-60(80)54(38(2)3)68-51(76)26-20-17-21-33-74-53(78)37-50(65)89(74,86)87/h16,18-19,23-24,27-30,37-43,47-49,54-58,75H,15,17,20-22,25-26,31-36H2,1-14H3,(H,66,80)(H,67,79)(H,68,76)(H,69,81)(H,84,85)/t41-,42+,43-,47+,48?,49+,54-,55-,56-,57+,58+/m0/s1. The van der Waals surface area contributed by atoms with Crippen LogP contribution >= 0.6 is 11.6 Å². The van der Waals surface area contributed by atoms with Crippen LogP contribution in [-0.2, 0) is 70.8 Å². The summed E-state index contributed by atoms with van der Waals surface area (Å²) in [6, 6.07) is 10.2. The number of halogens is 1. The van der Waals surface area contributed by atoms with Crippen molar-refractivity contribution < 1.29 is 66.5 Å². The number of amides is 8. The van der Waals surface area contributed by atoms with Gasteiger partial charge in [-0.2, -0.15) is 0 Å². The van der Waals surface area contributed by atoms with Gasteiger partial charge in [0.25, 0.3) is 15.9 Å². The number of aliphatic hydroxyl groups is 1. The summed E-state index contributed by atoms with van der Waals surface area (Å²) in [5.74, 6) is -6.89. The monoisotopic (exact) mass is 1280 g/mol. The van der Waals surface area contributed by atoms with Crippen LogP contribution in [0.15, 0.2) is 65.0 Å². The van der Waals surface area contributed by atoms with Crippen LogP contribution < -0.4 is 26.2 Å². The zero-order valence-electron chi connectivity index (χ0n) is 54.4. The number of aliphatic carboxylic acids is 1. The number of likely N-dealkylation sites (N-methyl/N-ethyl adjacent to an activating group) is 3. The molecule has 1 fully saturated rings. The number of methoxy groups -OCH3 is 1. The minimum atomic E-state index is -4.01. The third kappa shape index (κ3) is 20.5. The van der Waals surface area contributed by atoms with Crippen LogP contribution in [0, 0.1) is 29.6 Å². The number of sulfonamides is 1. The number of carbonyl (C=O) groups is 9. The van der Waals surface area contributed by atoms with Gasteiger partial charge >= 0.3 is 5.97 Å². The van der Waals surface area contributed by atoms with E-state index in [4.69, 9.17) is 16.3 Å². The summed E-state index contributed by atoms with van der Waals surface area (Å²) in [7, 11) is 2.45. The van der Waals surface area contributed by atoms with Crippen LogP contribution in [0.1, 0.15) is 132 Å². The van der Waals surface area contributed by atoms with E-state index in [0.717, 1.165) is 17.2 Å². The molecule has 0 saturated carbocycles. The third-order valence-electron chi connectivity index (χ3n) is 17.2. The summed E-state index contributed by atoms with van der Waals surface area (Å²) >= 11 is 5.66. The number of carboxylic acid groups (broad SMARTS) is 1. The highest BCUT2D eigenvalue weighted by molar-refractivity contribution is 7.95. The Morgan fingerprint density at radius 3 is 1.94 bits per heavy atom. The molecule has 0 radical (unpaired) electrons. The lowest BCUT2D eigenvalue weighted by Gasteiger charge is -2.40. The summed E-state index contributed by atoms with van der Waals surface area (Å²) in [4.78, 5) is 127. The number of carboxylic acids is 1. The number of carbonyl (C=O) groups excluding carboxylic acids is 8. The molecule has 1 unspecified atom stereocenters. The van der Waals surface area contributed by atoms with Crippen molar-refractivity contribution in [2.24, 2.45) is 29.6 Å². The lowest BCUT2D eigenvalue weighted by atomic mass is 9.89. The first-order valence-corrected chi connectivity index (χ1v) is 32.9. The van der Waals surface area contributed by atoms with E-state index in [1.807, 2.05) is 71.7 Å². The molecule has 1 saturated heterocycles. The number of rotatable bonds is 35. The molecule has 2 aliphatic heterocycles. The van der Waals surface area contributed by atoms with Crippen LogP contribution in [0.2, 0.25) is 0 Å². The Hall–Kier alpha value is -6.47. The predicted octanol–water partition coefficient (Wildman–Crippen LogP) is 4.83. The molecule has 25 heteroatoms. The van der Waals surface area contributed by atoms with Gasteiger partial charge in [0.05, 0.1) is 42.7 Å². The quantitative estimate of drug-likeness (QED) is 0.0504.